The van der Waals surface area contributed by atoms with E-state index >= 15 is 0 Å². The predicted octanol–water partition coefficient (Wildman–Crippen LogP) is 4.09. The Bertz CT molecular complexity index is 820. The molecule has 0 N–H and O–H groups in total. The van der Waals surface area contributed by atoms with Gasteiger partial charge in [-0.2, -0.15) is 5.10 Å². The standard InChI is InChI=1S/C21H27N5.ClH/c1-18(24-10-6-3-7-11-24)14-25-17-22-13-21(25)20-12-23-26(16-20)15-19-8-4-2-5-9-19;/h2,4-5,8-9,12-13,16-18H,3,6-7,10-11,14-15H2,1H3;1H. The first kappa shape index (κ1) is 19.6. The van der Waals surface area contributed by atoms with Crippen LogP contribution < -0.4 is 0 Å². The lowest BCUT2D eigenvalue weighted by atomic mass is 10.1. The van der Waals surface area contributed by atoms with Gasteiger partial charge in [0.25, 0.3) is 0 Å². The van der Waals surface area contributed by atoms with Crippen molar-refractivity contribution in [3.05, 3.63) is 60.8 Å². The Balaban J connectivity index is 0.00000210. The van der Waals surface area contributed by atoms with Crippen LogP contribution in [0.1, 0.15) is 31.7 Å². The van der Waals surface area contributed by atoms with Crippen molar-refractivity contribution in [2.24, 2.45) is 0 Å². The summed E-state index contributed by atoms with van der Waals surface area (Å²) in [6.45, 7) is 6.53. The van der Waals surface area contributed by atoms with Crippen molar-refractivity contribution < 1.29 is 0 Å². The zero-order chi connectivity index (χ0) is 17.8. The van der Waals surface area contributed by atoms with Crippen LogP contribution in [0.4, 0.5) is 0 Å². The van der Waals surface area contributed by atoms with Crippen molar-refractivity contribution in [1.82, 2.24) is 24.2 Å². The number of hydrogen-bond donors (Lipinski definition) is 0. The Hall–Kier alpha value is -2.11. The number of imidazole rings is 1. The Labute approximate surface area is 167 Å². The zero-order valence-electron chi connectivity index (χ0n) is 15.9. The van der Waals surface area contributed by atoms with E-state index in [1.54, 1.807) is 0 Å². The summed E-state index contributed by atoms with van der Waals surface area (Å²) in [6, 6.07) is 11.0. The predicted molar refractivity (Wildman–Crippen MR) is 111 cm³/mol. The van der Waals surface area contributed by atoms with Crippen LogP contribution in [0.2, 0.25) is 0 Å². The molecule has 6 heteroatoms. The Morgan fingerprint density at radius 1 is 1.04 bits per heavy atom. The van der Waals surface area contributed by atoms with E-state index in [0.29, 0.717) is 6.04 Å². The summed E-state index contributed by atoms with van der Waals surface area (Å²) in [7, 11) is 0. The van der Waals surface area contributed by atoms with Crippen LogP contribution in [-0.2, 0) is 13.1 Å². The van der Waals surface area contributed by atoms with Crippen LogP contribution in [0, 0.1) is 0 Å². The van der Waals surface area contributed by atoms with Crippen LogP contribution in [0.3, 0.4) is 0 Å². The molecule has 0 amide bonds. The zero-order valence-corrected chi connectivity index (χ0v) is 16.7. The smallest absolute Gasteiger partial charge is 0.0951 e. The Morgan fingerprint density at radius 2 is 1.81 bits per heavy atom. The van der Waals surface area contributed by atoms with Gasteiger partial charge in [0.05, 0.1) is 31.0 Å². The van der Waals surface area contributed by atoms with E-state index in [9.17, 15) is 0 Å². The highest BCUT2D eigenvalue weighted by atomic mass is 35.5. The van der Waals surface area contributed by atoms with E-state index in [-0.39, 0.29) is 12.4 Å². The van der Waals surface area contributed by atoms with Gasteiger partial charge in [-0.3, -0.25) is 9.58 Å². The molecule has 0 saturated carbocycles. The lowest BCUT2D eigenvalue weighted by Gasteiger charge is -2.32. The fraction of sp³-hybridized carbons (Fsp3) is 0.429. The molecule has 4 rings (SSSR count). The second-order valence-corrected chi connectivity index (χ2v) is 7.29. The average Bonchev–Trinajstić information content (AvgIpc) is 3.32. The maximum atomic E-state index is 4.54. The largest absolute Gasteiger partial charge is 0.329 e. The van der Waals surface area contributed by atoms with Gasteiger partial charge in [0.1, 0.15) is 0 Å². The normalized spacial score (nSPS) is 16.0. The number of aromatic nitrogens is 4. The molecule has 3 heterocycles. The molecular formula is C21H28ClN5. The topological polar surface area (TPSA) is 38.9 Å². The van der Waals surface area contributed by atoms with Crippen molar-refractivity contribution in [2.45, 2.75) is 45.3 Å². The van der Waals surface area contributed by atoms with Crippen LogP contribution in [0.15, 0.2) is 55.2 Å². The summed E-state index contributed by atoms with van der Waals surface area (Å²) in [5.74, 6) is 0. The molecule has 1 unspecified atom stereocenters. The summed E-state index contributed by atoms with van der Waals surface area (Å²) < 4.78 is 4.26. The van der Waals surface area contributed by atoms with Crippen molar-refractivity contribution in [3.63, 3.8) is 0 Å². The van der Waals surface area contributed by atoms with Crippen LogP contribution in [0.25, 0.3) is 11.3 Å². The van der Waals surface area contributed by atoms with Gasteiger partial charge >= 0.3 is 0 Å². The first-order valence-corrected chi connectivity index (χ1v) is 9.60. The molecule has 1 fully saturated rings. The van der Waals surface area contributed by atoms with E-state index in [1.807, 2.05) is 29.5 Å². The summed E-state index contributed by atoms with van der Waals surface area (Å²) in [5.41, 5.74) is 3.53. The summed E-state index contributed by atoms with van der Waals surface area (Å²) in [5, 5.41) is 4.54. The summed E-state index contributed by atoms with van der Waals surface area (Å²) in [6.07, 6.45) is 12.0. The fourth-order valence-corrected chi connectivity index (χ4v) is 3.82. The van der Waals surface area contributed by atoms with Crippen molar-refractivity contribution in [3.8, 4) is 11.3 Å². The van der Waals surface area contributed by atoms with Crippen molar-refractivity contribution in [2.75, 3.05) is 13.1 Å². The second kappa shape index (κ2) is 9.20. The Morgan fingerprint density at radius 3 is 2.59 bits per heavy atom. The van der Waals surface area contributed by atoms with Gasteiger partial charge in [0.2, 0.25) is 0 Å². The minimum Gasteiger partial charge on any atom is -0.329 e. The monoisotopic (exact) mass is 385 g/mol. The maximum Gasteiger partial charge on any atom is 0.0951 e. The minimum absolute atomic E-state index is 0. The molecule has 5 nitrogen and oxygen atoms in total. The number of nitrogens with zero attached hydrogens (tertiary/aromatic N) is 5. The fourth-order valence-electron chi connectivity index (χ4n) is 3.82. The third-order valence-electron chi connectivity index (χ3n) is 5.30. The molecular weight excluding hydrogens is 358 g/mol. The van der Waals surface area contributed by atoms with Crippen molar-refractivity contribution >= 4 is 12.4 Å². The quantitative estimate of drug-likeness (QED) is 0.641. The van der Waals surface area contributed by atoms with Gasteiger partial charge in [-0.1, -0.05) is 36.8 Å². The molecule has 1 aliphatic rings. The van der Waals surface area contributed by atoms with E-state index in [2.05, 4.69) is 56.9 Å². The van der Waals surface area contributed by atoms with Gasteiger partial charge in [-0.25, -0.2) is 4.98 Å². The third-order valence-corrected chi connectivity index (χ3v) is 5.30. The van der Waals surface area contributed by atoms with Gasteiger partial charge in [0, 0.05) is 24.3 Å². The van der Waals surface area contributed by atoms with E-state index in [4.69, 9.17) is 0 Å². The average molecular weight is 386 g/mol. The molecule has 144 valence electrons. The van der Waals surface area contributed by atoms with Crippen LogP contribution in [0.5, 0.6) is 0 Å². The molecule has 0 radical (unpaired) electrons. The molecule has 0 bridgehead atoms. The van der Waals surface area contributed by atoms with Crippen molar-refractivity contribution in [1.29, 1.82) is 0 Å². The molecule has 0 spiro atoms. The van der Waals surface area contributed by atoms with Gasteiger partial charge in [-0.05, 0) is 38.4 Å². The van der Waals surface area contributed by atoms with E-state index in [0.717, 1.165) is 24.3 Å². The highest BCUT2D eigenvalue weighted by Gasteiger charge is 2.18. The maximum absolute atomic E-state index is 4.54. The van der Waals surface area contributed by atoms with E-state index < -0.39 is 0 Å². The van der Waals surface area contributed by atoms with Gasteiger partial charge in [0.15, 0.2) is 0 Å². The highest BCUT2D eigenvalue weighted by Crippen LogP contribution is 2.21. The molecule has 0 aliphatic carbocycles. The second-order valence-electron chi connectivity index (χ2n) is 7.29. The van der Waals surface area contributed by atoms with Crippen LogP contribution >= 0.6 is 12.4 Å². The number of benzene rings is 1. The number of piperidine rings is 1. The SMILES string of the molecule is CC(Cn1cncc1-c1cnn(Cc2ccccc2)c1)N1CCCCC1.Cl. The number of halogens is 1. The first-order chi connectivity index (χ1) is 12.8. The number of likely N-dealkylation sites (tertiary alicyclic amines) is 1. The molecule has 3 aromatic rings. The molecule has 1 aromatic carbocycles. The lowest BCUT2D eigenvalue weighted by Crippen LogP contribution is -2.39. The summed E-state index contributed by atoms with van der Waals surface area (Å²) >= 11 is 0. The first-order valence-electron chi connectivity index (χ1n) is 9.60. The third kappa shape index (κ3) is 4.79. The lowest BCUT2D eigenvalue weighted by molar-refractivity contribution is 0.160. The molecule has 27 heavy (non-hydrogen) atoms. The summed E-state index contributed by atoms with van der Waals surface area (Å²) in [4.78, 5) is 7.00. The Kier molecular flexibility index (Phi) is 6.69. The van der Waals surface area contributed by atoms with Gasteiger partial charge < -0.3 is 4.57 Å². The molecule has 1 saturated heterocycles. The highest BCUT2D eigenvalue weighted by molar-refractivity contribution is 5.85. The number of hydrogen-bond acceptors (Lipinski definition) is 3. The van der Waals surface area contributed by atoms with Gasteiger partial charge in [-0.15, -0.1) is 12.4 Å². The van der Waals surface area contributed by atoms with Crippen LogP contribution in [-0.4, -0.2) is 43.4 Å². The molecule has 1 aliphatic heterocycles. The van der Waals surface area contributed by atoms with E-state index in [1.165, 1.54) is 37.9 Å². The number of rotatable bonds is 6. The molecule has 1 atom stereocenters. The minimum atomic E-state index is 0. The molecule has 2 aromatic heterocycles.